The second kappa shape index (κ2) is 5.91. The van der Waals surface area contributed by atoms with E-state index in [1.165, 1.54) is 56.3 Å². The molecule has 1 saturated carbocycles. The predicted molar refractivity (Wildman–Crippen MR) is 84.6 cm³/mol. The SMILES string of the molecule is c1nc(N2CCCCC2)nc2c1CC(CNC1CC1)CC2. The standard InChI is InChI=1S/C17H26N4/c1-2-8-21(9-3-1)17-19-12-14-10-13(4-7-16(14)20-17)11-18-15-5-6-15/h12-13,15,18H,1-11H2. The number of piperidine rings is 1. The molecule has 1 aliphatic heterocycles. The molecule has 3 aliphatic rings. The van der Waals surface area contributed by atoms with E-state index in [-0.39, 0.29) is 0 Å². The van der Waals surface area contributed by atoms with Gasteiger partial charge >= 0.3 is 0 Å². The summed E-state index contributed by atoms with van der Waals surface area (Å²) in [5.74, 6) is 1.76. The van der Waals surface area contributed by atoms with Crippen molar-refractivity contribution in [2.75, 3.05) is 24.5 Å². The number of hydrogen-bond acceptors (Lipinski definition) is 4. The summed E-state index contributed by atoms with van der Waals surface area (Å²) < 4.78 is 0. The lowest BCUT2D eigenvalue weighted by Crippen LogP contribution is -2.32. The minimum atomic E-state index is 0.780. The van der Waals surface area contributed by atoms with E-state index >= 15 is 0 Å². The minimum Gasteiger partial charge on any atom is -0.341 e. The quantitative estimate of drug-likeness (QED) is 0.922. The van der Waals surface area contributed by atoms with Crippen molar-refractivity contribution < 1.29 is 0 Å². The Bertz CT molecular complexity index is 492. The van der Waals surface area contributed by atoms with Gasteiger partial charge in [-0.2, -0.15) is 0 Å². The molecule has 2 aliphatic carbocycles. The second-order valence-electron chi connectivity index (χ2n) is 6.98. The maximum Gasteiger partial charge on any atom is 0.225 e. The Kier molecular flexibility index (Phi) is 3.80. The van der Waals surface area contributed by atoms with E-state index < -0.39 is 0 Å². The summed E-state index contributed by atoms with van der Waals surface area (Å²) >= 11 is 0. The van der Waals surface area contributed by atoms with Crippen LogP contribution in [-0.2, 0) is 12.8 Å². The molecule has 1 atom stereocenters. The lowest BCUT2D eigenvalue weighted by atomic mass is 9.87. The van der Waals surface area contributed by atoms with Crippen LogP contribution in [0.2, 0.25) is 0 Å². The summed E-state index contributed by atoms with van der Waals surface area (Å²) in [4.78, 5) is 11.9. The third kappa shape index (κ3) is 3.20. The van der Waals surface area contributed by atoms with E-state index in [9.17, 15) is 0 Å². The molecule has 0 aromatic carbocycles. The molecule has 1 aromatic heterocycles. The van der Waals surface area contributed by atoms with Gasteiger partial charge in [0.05, 0.1) is 0 Å². The third-order valence-corrected chi connectivity index (χ3v) is 5.15. The maximum absolute atomic E-state index is 4.87. The molecule has 114 valence electrons. The highest BCUT2D eigenvalue weighted by atomic mass is 15.2. The van der Waals surface area contributed by atoms with E-state index in [1.54, 1.807) is 0 Å². The molecule has 1 aromatic rings. The van der Waals surface area contributed by atoms with Crippen molar-refractivity contribution >= 4 is 5.95 Å². The second-order valence-corrected chi connectivity index (χ2v) is 6.98. The fourth-order valence-corrected chi connectivity index (χ4v) is 3.61. The van der Waals surface area contributed by atoms with Crippen molar-refractivity contribution in [2.45, 2.75) is 57.4 Å². The summed E-state index contributed by atoms with van der Waals surface area (Å²) in [5, 5.41) is 3.67. The minimum absolute atomic E-state index is 0.780. The van der Waals surface area contributed by atoms with Crippen LogP contribution < -0.4 is 10.2 Å². The van der Waals surface area contributed by atoms with E-state index in [4.69, 9.17) is 4.98 Å². The number of nitrogens with one attached hydrogen (secondary N) is 1. The predicted octanol–water partition coefficient (Wildman–Crippen LogP) is 2.32. The van der Waals surface area contributed by atoms with Gasteiger partial charge in [-0.15, -0.1) is 0 Å². The summed E-state index contributed by atoms with van der Waals surface area (Å²) in [7, 11) is 0. The largest absolute Gasteiger partial charge is 0.341 e. The summed E-state index contributed by atoms with van der Waals surface area (Å²) in [6, 6.07) is 0.823. The first kappa shape index (κ1) is 13.5. The average Bonchev–Trinajstić information content (AvgIpc) is 3.37. The van der Waals surface area contributed by atoms with Crippen LogP contribution in [0.25, 0.3) is 0 Å². The molecule has 1 saturated heterocycles. The van der Waals surface area contributed by atoms with Crippen LogP contribution in [0.4, 0.5) is 5.95 Å². The van der Waals surface area contributed by atoms with Crippen LogP contribution in [0.3, 0.4) is 0 Å². The lowest BCUT2D eigenvalue weighted by Gasteiger charge is -2.29. The van der Waals surface area contributed by atoms with E-state index in [1.807, 2.05) is 0 Å². The van der Waals surface area contributed by atoms with E-state index in [2.05, 4.69) is 21.4 Å². The average molecular weight is 286 g/mol. The molecule has 4 nitrogen and oxygen atoms in total. The van der Waals surface area contributed by atoms with Crippen LogP contribution in [0.5, 0.6) is 0 Å². The molecule has 4 heteroatoms. The van der Waals surface area contributed by atoms with Gasteiger partial charge in [-0.25, -0.2) is 9.97 Å². The Balaban J connectivity index is 1.41. The van der Waals surface area contributed by atoms with Crippen LogP contribution >= 0.6 is 0 Å². The highest BCUT2D eigenvalue weighted by Crippen LogP contribution is 2.27. The van der Waals surface area contributed by atoms with Gasteiger partial charge in [-0.3, -0.25) is 0 Å². The van der Waals surface area contributed by atoms with Crippen molar-refractivity contribution in [3.8, 4) is 0 Å². The molecule has 1 N–H and O–H groups in total. The smallest absolute Gasteiger partial charge is 0.225 e. The van der Waals surface area contributed by atoms with Crippen LogP contribution in [0.15, 0.2) is 6.20 Å². The summed E-state index contributed by atoms with van der Waals surface area (Å²) in [5.41, 5.74) is 2.71. The highest BCUT2D eigenvalue weighted by molar-refractivity contribution is 5.34. The van der Waals surface area contributed by atoms with Gasteiger partial charge in [-0.05, 0) is 69.4 Å². The molecule has 4 rings (SSSR count). The highest BCUT2D eigenvalue weighted by Gasteiger charge is 2.25. The summed E-state index contributed by atoms with van der Waals surface area (Å²) in [6.45, 7) is 3.44. The van der Waals surface area contributed by atoms with Gasteiger partial charge in [0.25, 0.3) is 0 Å². The van der Waals surface area contributed by atoms with Gasteiger partial charge in [0.1, 0.15) is 0 Å². The number of nitrogens with zero attached hydrogens (tertiary/aromatic N) is 3. The van der Waals surface area contributed by atoms with Crippen LogP contribution in [0.1, 0.15) is 49.8 Å². The lowest BCUT2D eigenvalue weighted by molar-refractivity contribution is 0.418. The van der Waals surface area contributed by atoms with Crippen molar-refractivity contribution in [1.82, 2.24) is 15.3 Å². The van der Waals surface area contributed by atoms with E-state index in [0.717, 1.165) is 43.8 Å². The number of aromatic nitrogens is 2. The topological polar surface area (TPSA) is 41.1 Å². The molecule has 0 radical (unpaired) electrons. The van der Waals surface area contributed by atoms with Crippen LogP contribution in [0, 0.1) is 5.92 Å². The molecule has 0 spiro atoms. The number of fused-ring (bicyclic) bond motifs is 1. The Morgan fingerprint density at radius 3 is 2.81 bits per heavy atom. The summed E-state index contributed by atoms with van der Waals surface area (Å²) in [6.07, 6.45) is 12.4. The molecular weight excluding hydrogens is 260 g/mol. The number of hydrogen-bond donors (Lipinski definition) is 1. The Morgan fingerprint density at radius 2 is 2.00 bits per heavy atom. The Morgan fingerprint density at radius 1 is 1.14 bits per heavy atom. The monoisotopic (exact) mass is 286 g/mol. The van der Waals surface area contributed by atoms with Crippen molar-refractivity contribution in [3.63, 3.8) is 0 Å². The number of rotatable bonds is 4. The number of anilines is 1. The van der Waals surface area contributed by atoms with Gasteiger partial charge in [0, 0.05) is 31.0 Å². The molecular formula is C17H26N4. The molecule has 2 fully saturated rings. The fourth-order valence-electron chi connectivity index (χ4n) is 3.61. The van der Waals surface area contributed by atoms with E-state index in [0.29, 0.717) is 0 Å². The Labute approximate surface area is 127 Å². The van der Waals surface area contributed by atoms with Crippen molar-refractivity contribution in [2.24, 2.45) is 5.92 Å². The first-order valence-corrected chi connectivity index (χ1v) is 8.71. The molecule has 2 heterocycles. The zero-order chi connectivity index (χ0) is 14.1. The molecule has 21 heavy (non-hydrogen) atoms. The van der Waals surface area contributed by atoms with Crippen molar-refractivity contribution in [3.05, 3.63) is 17.5 Å². The third-order valence-electron chi connectivity index (χ3n) is 5.15. The van der Waals surface area contributed by atoms with Gasteiger partial charge in [0.2, 0.25) is 5.95 Å². The number of aryl methyl sites for hydroxylation is 1. The zero-order valence-corrected chi connectivity index (χ0v) is 12.9. The Hall–Kier alpha value is -1.16. The molecule has 0 bridgehead atoms. The van der Waals surface area contributed by atoms with Gasteiger partial charge in [0.15, 0.2) is 0 Å². The first-order valence-electron chi connectivity index (χ1n) is 8.71. The molecule has 0 amide bonds. The molecule has 1 unspecified atom stereocenters. The maximum atomic E-state index is 4.87. The first-order chi connectivity index (χ1) is 10.4. The van der Waals surface area contributed by atoms with Crippen molar-refractivity contribution in [1.29, 1.82) is 0 Å². The van der Waals surface area contributed by atoms with Crippen LogP contribution in [-0.4, -0.2) is 35.6 Å². The fraction of sp³-hybridized carbons (Fsp3) is 0.765. The van der Waals surface area contributed by atoms with Gasteiger partial charge in [-0.1, -0.05) is 0 Å². The normalized spacial score (nSPS) is 25.7. The van der Waals surface area contributed by atoms with Gasteiger partial charge < -0.3 is 10.2 Å². The zero-order valence-electron chi connectivity index (χ0n) is 12.9.